The smallest absolute Gasteiger partial charge is 0.290 e. The van der Waals surface area contributed by atoms with Gasteiger partial charge in [-0.15, -0.1) is 0 Å². The molecule has 0 spiro atoms. The van der Waals surface area contributed by atoms with Gasteiger partial charge < -0.3 is 30.5 Å². The maximum absolute atomic E-state index is 8.67. The molecule has 8 nitrogen and oxygen atoms in total. The Balaban J connectivity index is 0.000000232. The van der Waals surface area contributed by atoms with E-state index < -0.39 is 0 Å². The average Bonchev–Trinajstić information content (AvgIpc) is 3.21. The molecule has 0 bridgehead atoms. The Morgan fingerprint density at radius 2 is 1.97 bits per heavy atom. The molecule has 4 N–H and O–H groups in total. The van der Waals surface area contributed by atoms with Crippen LogP contribution in [0.15, 0.2) is 42.6 Å². The van der Waals surface area contributed by atoms with Crippen LogP contribution in [0.2, 0.25) is 0 Å². The van der Waals surface area contributed by atoms with Gasteiger partial charge in [0.2, 0.25) is 0 Å². The van der Waals surface area contributed by atoms with Crippen molar-refractivity contribution in [1.29, 1.82) is 0 Å². The number of pyridine rings is 1. The van der Waals surface area contributed by atoms with Gasteiger partial charge in [-0.05, 0) is 63.2 Å². The number of rotatable bonds is 4. The molecule has 3 heterocycles. The minimum absolute atomic E-state index is 0.0648. The molecule has 2 aromatic rings. The Hall–Kier alpha value is -2.68. The van der Waals surface area contributed by atoms with E-state index in [0.717, 1.165) is 50.7 Å². The maximum atomic E-state index is 8.67. The zero-order chi connectivity index (χ0) is 22.9. The molecule has 2 fully saturated rings. The zero-order valence-electron chi connectivity index (χ0n) is 18.8. The Kier molecular flexibility index (Phi) is 13.7. The number of carbonyl (C=O) groups is 1. The summed E-state index contributed by atoms with van der Waals surface area (Å²) in [6.07, 6.45) is 4.06. The summed E-state index contributed by atoms with van der Waals surface area (Å²) in [5.41, 5.74) is 2.57. The third-order valence-corrected chi connectivity index (χ3v) is 4.66. The number of benzene rings is 1. The third-order valence-electron chi connectivity index (χ3n) is 4.66. The van der Waals surface area contributed by atoms with Crippen LogP contribution in [0.5, 0.6) is 5.75 Å². The number of methoxy groups -OCH3 is 1. The summed E-state index contributed by atoms with van der Waals surface area (Å²) in [4.78, 5) is 15.0. The molecule has 172 valence electrons. The van der Waals surface area contributed by atoms with Crippen LogP contribution in [0.25, 0.3) is 0 Å². The van der Waals surface area contributed by atoms with Gasteiger partial charge in [0.1, 0.15) is 11.6 Å². The Morgan fingerprint density at radius 1 is 1.29 bits per heavy atom. The summed E-state index contributed by atoms with van der Waals surface area (Å²) in [6.45, 7) is 6.83. The molecule has 31 heavy (non-hydrogen) atoms. The number of aliphatic hydroxyl groups excluding tert-OH is 1. The molecular weight excluding hydrogens is 396 g/mol. The van der Waals surface area contributed by atoms with E-state index in [4.69, 9.17) is 19.7 Å². The quantitative estimate of drug-likeness (QED) is 0.544. The molecule has 0 radical (unpaired) electrons. The van der Waals surface area contributed by atoms with Crippen molar-refractivity contribution in [2.75, 3.05) is 45.2 Å². The van der Waals surface area contributed by atoms with Crippen molar-refractivity contribution in [2.45, 2.75) is 32.4 Å². The second kappa shape index (κ2) is 16.1. The van der Waals surface area contributed by atoms with Crippen LogP contribution in [-0.2, 0) is 11.3 Å². The molecule has 2 aliphatic heterocycles. The molecule has 1 atom stereocenters. The zero-order valence-corrected chi connectivity index (χ0v) is 18.8. The highest BCUT2D eigenvalue weighted by atomic mass is 16.5. The van der Waals surface area contributed by atoms with Crippen LogP contribution >= 0.6 is 0 Å². The number of hydrogen-bond acceptors (Lipinski definition) is 7. The van der Waals surface area contributed by atoms with Crippen molar-refractivity contribution in [3.8, 4) is 5.75 Å². The lowest BCUT2D eigenvalue weighted by molar-refractivity contribution is -0.122. The molecule has 0 aliphatic carbocycles. The lowest BCUT2D eigenvalue weighted by Crippen LogP contribution is -2.37. The number of carboxylic acid groups (broad SMARTS) is 1. The molecule has 1 aromatic carbocycles. The number of aryl methyl sites for hydroxylation is 1. The molecule has 2 aliphatic rings. The van der Waals surface area contributed by atoms with E-state index in [1.54, 1.807) is 7.11 Å². The fraction of sp³-hybridized carbons (Fsp3) is 0.478. The summed E-state index contributed by atoms with van der Waals surface area (Å²) in [5, 5.41) is 21.7. The molecular formula is C23H36N4O4. The maximum Gasteiger partial charge on any atom is 0.290 e. The van der Waals surface area contributed by atoms with E-state index in [1.807, 2.05) is 37.5 Å². The number of aromatic nitrogens is 1. The molecule has 4 rings (SSSR count). The fourth-order valence-electron chi connectivity index (χ4n) is 2.81. The predicted octanol–water partition coefficient (Wildman–Crippen LogP) is 2.06. The average molecular weight is 433 g/mol. The van der Waals surface area contributed by atoms with Gasteiger partial charge in [-0.3, -0.25) is 4.79 Å². The van der Waals surface area contributed by atoms with Gasteiger partial charge >= 0.3 is 0 Å². The number of hydrogen-bond donors (Lipinski definition) is 4. The Morgan fingerprint density at radius 3 is 2.39 bits per heavy atom. The Labute approximate surface area is 185 Å². The first kappa shape index (κ1) is 26.4. The first-order chi connectivity index (χ1) is 15.0. The minimum Gasteiger partial charge on any atom is -0.497 e. The molecule has 0 saturated carbocycles. The van der Waals surface area contributed by atoms with Gasteiger partial charge in [0.05, 0.1) is 13.2 Å². The number of β-amino-alcohol motifs (C(OH)–C–C–N with tert-alkyl or cyclic N) is 1. The number of nitrogens with one attached hydrogen (secondary N) is 2. The molecule has 1 unspecified atom stereocenters. The number of anilines is 1. The van der Waals surface area contributed by atoms with Crippen LogP contribution in [0.3, 0.4) is 0 Å². The monoisotopic (exact) mass is 432 g/mol. The van der Waals surface area contributed by atoms with Crippen molar-refractivity contribution in [3.63, 3.8) is 0 Å². The number of aliphatic hydroxyl groups is 1. The van der Waals surface area contributed by atoms with E-state index in [9.17, 15) is 0 Å². The van der Waals surface area contributed by atoms with Gasteiger partial charge in [-0.2, -0.15) is 0 Å². The van der Waals surface area contributed by atoms with Crippen LogP contribution in [0, 0.1) is 6.92 Å². The van der Waals surface area contributed by atoms with Crippen LogP contribution in [-0.4, -0.2) is 68.1 Å². The van der Waals surface area contributed by atoms with E-state index in [-0.39, 0.29) is 12.6 Å². The van der Waals surface area contributed by atoms with Gasteiger partial charge in [-0.25, -0.2) is 4.98 Å². The SMILES string of the molecule is CNCc1ccnc(N2CCC2)c1.COc1ccc(C)cc1.O=CO.OC1CCNC1. The third kappa shape index (κ3) is 11.3. The highest BCUT2D eigenvalue weighted by Gasteiger charge is 2.15. The lowest BCUT2D eigenvalue weighted by atomic mass is 10.2. The van der Waals surface area contributed by atoms with Crippen LogP contribution < -0.4 is 20.3 Å². The molecule has 2 saturated heterocycles. The van der Waals surface area contributed by atoms with Crippen molar-refractivity contribution in [2.24, 2.45) is 0 Å². The lowest BCUT2D eigenvalue weighted by Gasteiger charge is -2.32. The summed E-state index contributed by atoms with van der Waals surface area (Å²) in [5.74, 6) is 2.04. The topological polar surface area (TPSA) is 107 Å². The minimum atomic E-state index is -0.250. The van der Waals surface area contributed by atoms with Gasteiger partial charge in [0, 0.05) is 32.4 Å². The molecule has 1 aromatic heterocycles. The summed E-state index contributed by atoms with van der Waals surface area (Å²) in [6, 6.07) is 12.2. The summed E-state index contributed by atoms with van der Waals surface area (Å²) >= 11 is 0. The standard InChI is InChI=1S/C10H15N3.C8H10O.C4H9NO.CH2O2/c1-11-8-9-3-4-12-10(7-9)13-5-2-6-13;1-7-3-5-8(9-2)6-4-7;6-4-1-2-5-3-4;2-1-3/h3-4,7,11H,2,5-6,8H2,1H3;3-6H,1-2H3;4-6H,1-3H2;1H,(H,2,3). The second-order valence-electron chi connectivity index (χ2n) is 7.16. The fourth-order valence-corrected chi connectivity index (χ4v) is 2.81. The van der Waals surface area contributed by atoms with E-state index in [0.29, 0.717) is 0 Å². The van der Waals surface area contributed by atoms with Crippen molar-refractivity contribution in [3.05, 3.63) is 53.7 Å². The normalized spacial score (nSPS) is 16.3. The number of nitrogens with zero attached hydrogens (tertiary/aromatic N) is 2. The van der Waals surface area contributed by atoms with E-state index >= 15 is 0 Å². The van der Waals surface area contributed by atoms with Crippen molar-refractivity contribution in [1.82, 2.24) is 15.6 Å². The highest BCUT2D eigenvalue weighted by molar-refractivity contribution is 5.42. The second-order valence-corrected chi connectivity index (χ2v) is 7.16. The molecule has 0 amide bonds. The predicted molar refractivity (Wildman–Crippen MR) is 124 cm³/mol. The summed E-state index contributed by atoms with van der Waals surface area (Å²) < 4.78 is 4.97. The molecule has 8 heteroatoms. The Bertz CT molecular complexity index is 718. The highest BCUT2D eigenvalue weighted by Crippen LogP contribution is 2.18. The van der Waals surface area contributed by atoms with Crippen molar-refractivity contribution >= 4 is 12.3 Å². The largest absolute Gasteiger partial charge is 0.497 e. The first-order valence-electron chi connectivity index (χ1n) is 10.5. The van der Waals surface area contributed by atoms with Gasteiger partial charge in [0.15, 0.2) is 0 Å². The summed E-state index contributed by atoms with van der Waals surface area (Å²) in [7, 11) is 3.63. The first-order valence-corrected chi connectivity index (χ1v) is 10.5. The van der Waals surface area contributed by atoms with Crippen LogP contribution in [0.4, 0.5) is 5.82 Å². The van der Waals surface area contributed by atoms with Gasteiger partial charge in [-0.1, -0.05) is 17.7 Å². The van der Waals surface area contributed by atoms with Gasteiger partial charge in [0.25, 0.3) is 6.47 Å². The van der Waals surface area contributed by atoms with E-state index in [2.05, 4.69) is 39.6 Å². The number of ether oxygens (including phenoxy) is 1. The van der Waals surface area contributed by atoms with E-state index in [1.165, 1.54) is 17.5 Å². The van der Waals surface area contributed by atoms with Crippen molar-refractivity contribution < 1.29 is 19.7 Å². The van der Waals surface area contributed by atoms with Crippen LogP contribution in [0.1, 0.15) is 24.0 Å².